The molecular weight excluding hydrogens is 340 g/mol. The van der Waals surface area contributed by atoms with Crippen LogP contribution in [0.2, 0.25) is 5.02 Å². The van der Waals surface area contributed by atoms with Crippen LogP contribution >= 0.6 is 11.6 Å². The van der Waals surface area contributed by atoms with Crippen LogP contribution in [0.4, 0.5) is 5.69 Å². The maximum absolute atomic E-state index is 12.3. The number of pyridine rings is 1. The highest BCUT2D eigenvalue weighted by Gasteiger charge is 2.11. The molecular formula is C18H19ClN4O2. The summed E-state index contributed by atoms with van der Waals surface area (Å²) in [5.74, 6) is 0.416. The molecule has 7 heteroatoms. The highest BCUT2D eigenvalue weighted by Crippen LogP contribution is 2.27. The van der Waals surface area contributed by atoms with Gasteiger partial charge in [-0.05, 0) is 31.3 Å². The van der Waals surface area contributed by atoms with E-state index < -0.39 is 0 Å². The van der Waals surface area contributed by atoms with Gasteiger partial charge in [-0.3, -0.25) is 9.69 Å². The molecule has 25 heavy (non-hydrogen) atoms. The number of carbonyl (C=O) groups excluding carboxylic acids is 1. The van der Waals surface area contributed by atoms with Crippen LogP contribution in [0.25, 0.3) is 5.65 Å². The SMILES string of the molecule is COc1cc(NC(=O)CN(C)Cc2cnc3ccccn23)ccc1Cl. The Kier molecular flexibility index (Phi) is 5.21. The number of imidazole rings is 1. The van der Waals surface area contributed by atoms with Crippen molar-refractivity contribution >= 4 is 28.8 Å². The molecule has 1 aromatic carbocycles. The van der Waals surface area contributed by atoms with Crippen LogP contribution in [-0.4, -0.2) is 40.9 Å². The fraction of sp³-hybridized carbons (Fsp3) is 0.222. The van der Waals surface area contributed by atoms with E-state index in [0.29, 0.717) is 23.0 Å². The number of nitrogens with one attached hydrogen (secondary N) is 1. The summed E-state index contributed by atoms with van der Waals surface area (Å²) in [5.41, 5.74) is 2.57. The smallest absolute Gasteiger partial charge is 0.238 e. The van der Waals surface area contributed by atoms with Crippen molar-refractivity contribution in [1.29, 1.82) is 0 Å². The Balaban J connectivity index is 1.61. The number of carbonyl (C=O) groups is 1. The Morgan fingerprint density at radius 1 is 1.36 bits per heavy atom. The van der Waals surface area contributed by atoms with E-state index in [9.17, 15) is 4.79 Å². The number of hydrogen-bond acceptors (Lipinski definition) is 4. The van der Waals surface area contributed by atoms with Gasteiger partial charge in [-0.2, -0.15) is 0 Å². The molecule has 130 valence electrons. The van der Waals surface area contributed by atoms with Crippen molar-refractivity contribution in [2.24, 2.45) is 0 Å². The molecule has 0 aliphatic rings. The monoisotopic (exact) mass is 358 g/mol. The van der Waals surface area contributed by atoms with E-state index in [1.54, 1.807) is 18.2 Å². The van der Waals surface area contributed by atoms with Gasteiger partial charge in [0.2, 0.25) is 5.91 Å². The first-order valence-electron chi connectivity index (χ1n) is 7.79. The van der Waals surface area contributed by atoms with Crippen molar-refractivity contribution in [2.75, 3.05) is 26.0 Å². The number of halogens is 1. The van der Waals surface area contributed by atoms with Crippen LogP contribution < -0.4 is 10.1 Å². The number of amides is 1. The third-order valence-electron chi connectivity index (χ3n) is 3.77. The first kappa shape index (κ1) is 17.3. The average molecular weight is 359 g/mol. The van der Waals surface area contributed by atoms with Crippen molar-refractivity contribution in [3.05, 3.63) is 59.5 Å². The molecule has 0 fully saturated rings. The van der Waals surface area contributed by atoms with Crippen LogP contribution in [0.3, 0.4) is 0 Å². The number of ether oxygens (including phenoxy) is 1. The summed E-state index contributed by atoms with van der Waals surface area (Å²) >= 11 is 5.99. The number of hydrogen-bond donors (Lipinski definition) is 1. The number of methoxy groups -OCH3 is 1. The van der Waals surface area contributed by atoms with Gasteiger partial charge in [0.15, 0.2) is 0 Å². The van der Waals surface area contributed by atoms with Crippen LogP contribution in [0.15, 0.2) is 48.8 Å². The first-order chi connectivity index (χ1) is 12.1. The van der Waals surface area contributed by atoms with Crippen LogP contribution in [0, 0.1) is 0 Å². The molecule has 0 spiro atoms. The Morgan fingerprint density at radius 3 is 3.00 bits per heavy atom. The molecule has 2 aromatic heterocycles. The van der Waals surface area contributed by atoms with Crippen molar-refractivity contribution in [2.45, 2.75) is 6.54 Å². The zero-order chi connectivity index (χ0) is 17.8. The van der Waals surface area contributed by atoms with Gasteiger partial charge in [0, 0.05) is 24.5 Å². The molecule has 0 aliphatic carbocycles. The fourth-order valence-electron chi connectivity index (χ4n) is 2.62. The molecule has 0 radical (unpaired) electrons. The molecule has 0 aliphatic heterocycles. The van der Waals surface area contributed by atoms with E-state index in [1.807, 2.05) is 46.9 Å². The van der Waals surface area contributed by atoms with Gasteiger partial charge in [0.25, 0.3) is 0 Å². The number of likely N-dealkylation sites (N-methyl/N-ethyl adjacent to an activating group) is 1. The van der Waals surface area contributed by atoms with E-state index >= 15 is 0 Å². The summed E-state index contributed by atoms with van der Waals surface area (Å²) in [5, 5.41) is 3.35. The molecule has 6 nitrogen and oxygen atoms in total. The molecule has 0 saturated heterocycles. The van der Waals surface area contributed by atoms with E-state index in [-0.39, 0.29) is 12.5 Å². The topological polar surface area (TPSA) is 58.9 Å². The first-order valence-corrected chi connectivity index (χ1v) is 8.17. The zero-order valence-corrected chi connectivity index (χ0v) is 14.8. The van der Waals surface area contributed by atoms with Gasteiger partial charge in [0.1, 0.15) is 11.4 Å². The maximum atomic E-state index is 12.3. The number of nitrogens with zero attached hydrogens (tertiary/aromatic N) is 3. The van der Waals surface area contributed by atoms with Crippen LogP contribution in [0.1, 0.15) is 5.69 Å². The summed E-state index contributed by atoms with van der Waals surface area (Å²) in [6.45, 7) is 0.869. The van der Waals surface area contributed by atoms with Crippen molar-refractivity contribution in [1.82, 2.24) is 14.3 Å². The number of benzene rings is 1. The largest absolute Gasteiger partial charge is 0.495 e. The fourth-order valence-corrected chi connectivity index (χ4v) is 2.81. The number of fused-ring (bicyclic) bond motifs is 1. The van der Waals surface area contributed by atoms with E-state index in [4.69, 9.17) is 16.3 Å². The lowest BCUT2D eigenvalue weighted by Crippen LogP contribution is -2.30. The lowest BCUT2D eigenvalue weighted by Gasteiger charge is -2.16. The molecule has 3 rings (SSSR count). The Hall–Kier alpha value is -2.57. The third kappa shape index (κ3) is 4.10. The van der Waals surface area contributed by atoms with Gasteiger partial charge in [-0.15, -0.1) is 0 Å². The highest BCUT2D eigenvalue weighted by atomic mass is 35.5. The Morgan fingerprint density at radius 2 is 2.20 bits per heavy atom. The normalized spacial score (nSPS) is 11.0. The summed E-state index contributed by atoms with van der Waals surface area (Å²) in [4.78, 5) is 18.5. The highest BCUT2D eigenvalue weighted by molar-refractivity contribution is 6.32. The molecule has 1 amide bonds. The average Bonchev–Trinajstić information content (AvgIpc) is 2.99. The second-order valence-electron chi connectivity index (χ2n) is 5.75. The van der Waals surface area contributed by atoms with Crippen molar-refractivity contribution in [3.8, 4) is 5.75 Å². The minimum Gasteiger partial charge on any atom is -0.495 e. The van der Waals surface area contributed by atoms with Gasteiger partial charge in [0.05, 0.1) is 30.6 Å². The van der Waals surface area contributed by atoms with Crippen LogP contribution in [0.5, 0.6) is 5.75 Å². The molecule has 0 unspecified atom stereocenters. The van der Waals surface area contributed by atoms with E-state index in [2.05, 4.69) is 10.3 Å². The molecule has 0 bridgehead atoms. The second-order valence-corrected chi connectivity index (χ2v) is 6.16. The molecule has 2 heterocycles. The predicted octanol–water partition coefficient (Wildman–Crippen LogP) is 3.07. The second kappa shape index (κ2) is 7.55. The maximum Gasteiger partial charge on any atom is 0.238 e. The molecule has 1 N–H and O–H groups in total. The standard InChI is InChI=1S/C18H19ClN4O2/c1-22(11-14-10-20-17-5-3-4-8-23(14)17)12-18(24)21-13-6-7-15(19)16(9-13)25-2/h3-10H,11-12H2,1-2H3,(H,21,24). The summed E-state index contributed by atoms with van der Waals surface area (Å²) < 4.78 is 7.17. The quantitative estimate of drug-likeness (QED) is 0.735. The van der Waals surface area contributed by atoms with Crippen molar-refractivity contribution < 1.29 is 9.53 Å². The van der Waals surface area contributed by atoms with E-state index in [1.165, 1.54) is 7.11 Å². The Bertz CT molecular complexity index is 894. The van der Waals surface area contributed by atoms with Gasteiger partial charge >= 0.3 is 0 Å². The van der Waals surface area contributed by atoms with Gasteiger partial charge in [-0.25, -0.2) is 4.98 Å². The summed E-state index contributed by atoms with van der Waals surface area (Å²) in [6, 6.07) is 11.0. The molecule has 0 atom stereocenters. The zero-order valence-electron chi connectivity index (χ0n) is 14.1. The summed E-state index contributed by atoms with van der Waals surface area (Å²) in [6.07, 6.45) is 3.79. The molecule has 0 saturated carbocycles. The minimum absolute atomic E-state index is 0.110. The minimum atomic E-state index is -0.110. The van der Waals surface area contributed by atoms with Crippen molar-refractivity contribution in [3.63, 3.8) is 0 Å². The lowest BCUT2D eigenvalue weighted by molar-refractivity contribution is -0.117. The predicted molar refractivity (Wildman–Crippen MR) is 98.2 cm³/mol. The lowest BCUT2D eigenvalue weighted by atomic mass is 10.3. The van der Waals surface area contributed by atoms with E-state index in [0.717, 1.165) is 11.3 Å². The number of aromatic nitrogens is 2. The molecule has 3 aromatic rings. The number of rotatable bonds is 6. The number of anilines is 1. The van der Waals surface area contributed by atoms with Gasteiger partial charge < -0.3 is 14.5 Å². The van der Waals surface area contributed by atoms with Gasteiger partial charge in [-0.1, -0.05) is 17.7 Å². The Labute approximate surface area is 151 Å². The third-order valence-corrected chi connectivity index (χ3v) is 4.09. The van der Waals surface area contributed by atoms with Crippen LogP contribution in [-0.2, 0) is 11.3 Å². The summed E-state index contributed by atoms with van der Waals surface area (Å²) in [7, 11) is 3.43.